The highest BCUT2D eigenvalue weighted by Gasteiger charge is 2.28. The first kappa shape index (κ1) is 24.6. The summed E-state index contributed by atoms with van der Waals surface area (Å²) in [5.74, 6) is 1.05. The molecule has 1 fully saturated rings. The van der Waals surface area contributed by atoms with Crippen molar-refractivity contribution in [2.45, 2.75) is 71.5 Å². The van der Waals surface area contributed by atoms with Crippen molar-refractivity contribution in [3.8, 4) is 11.5 Å². The second kappa shape index (κ2) is 11.7. The summed E-state index contributed by atoms with van der Waals surface area (Å²) in [6.45, 7) is 5.89. The Morgan fingerprint density at radius 3 is 2.58 bits per heavy atom. The molecule has 0 saturated heterocycles. The molecule has 1 N–H and O–H groups in total. The van der Waals surface area contributed by atoms with E-state index >= 15 is 0 Å². The molecule has 6 nitrogen and oxygen atoms in total. The monoisotopic (exact) mass is 452 g/mol. The van der Waals surface area contributed by atoms with Crippen molar-refractivity contribution in [3.05, 3.63) is 59.2 Å². The molecule has 33 heavy (non-hydrogen) atoms. The average molecular weight is 453 g/mol. The molecule has 1 aliphatic rings. The predicted molar refractivity (Wildman–Crippen MR) is 129 cm³/mol. The van der Waals surface area contributed by atoms with Crippen LogP contribution in [0.25, 0.3) is 0 Å². The fraction of sp³-hybridized carbons (Fsp3) is 0.481. The van der Waals surface area contributed by atoms with E-state index < -0.39 is 6.04 Å². The second-order valence-electron chi connectivity index (χ2n) is 8.95. The molecule has 6 heteroatoms. The number of ether oxygens (including phenoxy) is 2. The van der Waals surface area contributed by atoms with Crippen molar-refractivity contribution >= 4 is 11.8 Å². The molecule has 0 bridgehead atoms. The second-order valence-corrected chi connectivity index (χ2v) is 8.95. The Balaban J connectivity index is 1.74. The standard InChI is InChI=1S/C27H36N2O4/c1-19-13-14-20(2)25(15-19)33-18-26(30)29(17-22-9-8-12-24(16-22)32-4)21(3)27(31)28-23-10-6-5-7-11-23/h8-9,12-16,21,23H,5-7,10-11,17-18H2,1-4H3,(H,28,31)/t21-/m1/s1. The van der Waals surface area contributed by atoms with Crippen LogP contribution in [-0.2, 0) is 16.1 Å². The van der Waals surface area contributed by atoms with Crippen LogP contribution < -0.4 is 14.8 Å². The number of nitrogens with zero attached hydrogens (tertiary/aromatic N) is 1. The summed E-state index contributed by atoms with van der Waals surface area (Å²) in [6.07, 6.45) is 5.49. The lowest BCUT2D eigenvalue weighted by atomic mass is 9.95. The Bertz CT molecular complexity index is 953. The van der Waals surface area contributed by atoms with Crippen LogP contribution in [0.2, 0.25) is 0 Å². The number of rotatable bonds is 9. The number of carbonyl (C=O) groups is 2. The zero-order valence-electron chi connectivity index (χ0n) is 20.2. The molecule has 178 valence electrons. The zero-order valence-corrected chi connectivity index (χ0v) is 20.2. The first-order valence-electron chi connectivity index (χ1n) is 11.8. The van der Waals surface area contributed by atoms with E-state index in [2.05, 4.69) is 5.32 Å². The first-order chi connectivity index (χ1) is 15.9. The van der Waals surface area contributed by atoms with Gasteiger partial charge in [-0.3, -0.25) is 9.59 Å². The Hall–Kier alpha value is -3.02. The largest absolute Gasteiger partial charge is 0.497 e. The molecule has 3 rings (SSSR count). The van der Waals surface area contributed by atoms with E-state index in [0.29, 0.717) is 18.0 Å². The highest BCUT2D eigenvalue weighted by molar-refractivity contribution is 5.88. The van der Waals surface area contributed by atoms with Gasteiger partial charge >= 0.3 is 0 Å². The third kappa shape index (κ3) is 6.98. The fourth-order valence-corrected chi connectivity index (χ4v) is 4.20. The van der Waals surface area contributed by atoms with Gasteiger partial charge in [0, 0.05) is 12.6 Å². The summed E-state index contributed by atoms with van der Waals surface area (Å²) < 4.78 is 11.2. The molecule has 2 aromatic rings. The molecular formula is C27H36N2O4. The number of methoxy groups -OCH3 is 1. The van der Waals surface area contributed by atoms with Gasteiger partial charge in [0.2, 0.25) is 5.91 Å². The van der Waals surface area contributed by atoms with E-state index in [0.717, 1.165) is 42.4 Å². The lowest BCUT2D eigenvalue weighted by Gasteiger charge is -2.31. The Morgan fingerprint density at radius 2 is 1.85 bits per heavy atom. The summed E-state index contributed by atoms with van der Waals surface area (Å²) in [5, 5.41) is 3.15. The molecular weight excluding hydrogens is 416 g/mol. The highest BCUT2D eigenvalue weighted by atomic mass is 16.5. The van der Waals surface area contributed by atoms with Crippen LogP contribution in [0.15, 0.2) is 42.5 Å². The van der Waals surface area contributed by atoms with Crippen molar-refractivity contribution in [3.63, 3.8) is 0 Å². The number of hydrogen-bond acceptors (Lipinski definition) is 4. The van der Waals surface area contributed by atoms with Gasteiger partial charge in [0.25, 0.3) is 5.91 Å². The van der Waals surface area contributed by atoms with Gasteiger partial charge in [0.1, 0.15) is 17.5 Å². The van der Waals surface area contributed by atoms with Crippen molar-refractivity contribution < 1.29 is 19.1 Å². The molecule has 0 spiro atoms. The SMILES string of the molecule is COc1cccc(CN(C(=O)COc2cc(C)ccc2C)[C@H](C)C(=O)NC2CCCCC2)c1. The molecule has 0 unspecified atom stereocenters. The minimum Gasteiger partial charge on any atom is -0.497 e. The number of carbonyl (C=O) groups excluding carboxylic acids is 2. The van der Waals surface area contributed by atoms with E-state index in [9.17, 15) is 9.59 Å². The Labute approximate surface area is 197 Å². The molecule has 1 saturated carbocycles. The third-order valence-electron chi connectivity index (χ3n) is 6.30. The fourth-order valence-electron chi connectivity index (χ4n) is 4.20. The van der Waals surface area contributed by atoms with E-state index in [1.165, 1.54) is 6.42 Å². The quantitative estimate of drug-likeness (QED) is 0.606. The van der Waals surface area contributed by atoms with Gasteiger partial charge in [-0.2, -0.15) is 0 Å². The van der Waals surface area contributed by atoms with Crippen LogP contribution in [0.5, 0.6) is 11.5 Å². The molecule has 2 aromatic carbocycles. The van der Waals surface area contributed by atoms with E-state index in [-0.39, 0.29) is 24.5 Å². The highest BCUT2D eigenvalue weighted by Crippen LogP contribution is 2.21. The van der Waals surface area contributed by atoms with Gasteiger partial charge in [-0.05, 0) is 68.5 Å². The van der Waals surface area contributed by atoms with Crippen molar-refractivity contribution in [2.24, 2.45) is 0 Å². The minimum atomic E-state index is -0.618. The molecule has 0 radical (unpaired) electrons. The number of aryl methyl sites for hydroxylation is 2. The van der Waals surface area contributed by atoms with Crippen molar-refractivity contribution in [1.29, 1.82) is 0 Å². The van der Waals surface area contributed by atoms with Gasteiger partial charge in [-0.1, -0.05) is 43.5 Å². The number of hydrogen-bond donors (Lipinski definition) is 1. The van der Waals surface area contributed by atoms with Crippen LogP contribution in [0.1, 0.15) is 55.7 Å². The van der Waals surface area contributed by atoms with Gasteiger partial charge < -0.3 is 19.7 Å². The van der Waals surface area contributed by atoms with Crippen LogP contribution in [0.4, 0.5) is 0 Å². The molecule has 0 aromatic heterocycles. The van der Waals surface area contributed by atoms with Crippen molar-refractivity contribution in [1.82, 2.24) is 10.2 Å². The third-order valence-corrected chi connectivity index (χ3v) is 6.30. The molecule has 1 aliphatic carbocycles. The topological polar surface area (TPSA) is 67.9 Å². The van der Waals surface area contributed by atoms with Crippen molar-refractivity contribution in [2.75, 3.05) is 13.7 Å². The minimum absolute atomic E-state index is 0.120. The van der Waals surface area contributed by atoms with E-state index in [1.54, 1.807) is 18.9 Å². The molecule has 1 atom stereocenters. The summed E-state index contributed by atoms with van der Waals surface area (Å²) in [4.78, 5) is 28.0. The lowest BCUT2D eigenvalue weighted by Crippen LogP contribution is -2.51. The van der Waals surface area contributed by atoms with E-state index in [1.807, 2.05) is 56.3 Å². The normalized spacial score (nSPS) is 14.9. The summed E-state index contributed by atoms with van der Waals surface area (Å²) in [7, 11) is 1.61. The van der Waals surface area contributed by atoms with Gasteiger partial charge in [0.05, 0.1) is 7.11 Å². The summed E-state index contributed by atoms with van der Waals surface area (Å²) >= 11 is 0. The molecule has 0 aliphatic heterocycles. The average Bonchev–Trinajstić information content (AvgIpc) is 2.83. The van der Waals surface area contributed by atoms with Gasteiger partial charge in [-0.15, -0.1) is 0 Å². The zero-order chi connectivity index (χ0) is 23.8. The maximum atomic E-state index is 13.3. The number of amides is 2. The Morgan fingerprint density at radius 1 is 1.09 bits per heavy atom. The van der Waals surface area contributed by atoms with Crippen LogP contribution in [0, 0.1) is 13.8 Å². The van der Waals surface area contributed by atoms with Crippen LogP contribution in [-0.4, -0.2) is 42.5 Å². The lowest BCUT2D eigenvalue weighted by molar-refractivity contribution is -0.142. The van der Waals surface area contributed by atoms with Gasteiger partial charge in [-0.25, -0.2) is 0 Å². The molecule has 0 heterocycles. The predicted octanol–water partition coefficient (Wildman–Crippen LogP) is 4.56. The van der Waals surface area contributed by atoms with Gasteiger partial charge in [0.15, 0.2) is 6.61 Å². The summed E-state index contributed by atoms with van der Waals surface area (Å²) in [6, 6.07) is 13.0. The number of benzene rings is 2. The maximum Gasteiger partial charge on any atom is 0.261 e. The maximum absolute atomic E-state index is 13.3. The first-order valence-corrected chi connectivity index (χ1v) is 11.8. The van der Waals surface area contributed by atoms with E-state index in [4.69, 9.17) is 9.47 Å². The number of nitrogens with one attached hydrogen (secondary N) is 1. The van der Waals surface area contributed by atoms with Crippen LogP contribution >= 0.6 is 0 Å². The smallest absolute Gasteiger partial charge is 0.261 e. The molecule has 2 amide bonds. The van der Waals surface area contributed by atoms with Crippen LogP contribution in [0.3, 0.4) is 0 Å². The Kier molecular flexibility index (Phi) is 8.75. The summed E-state index contributed by atoms with van der Waals surface area (Å²) in [5.41, 5.74) is 2.93.